The van der Waals surface area contributed by atoms with E-state index in [-0.39, 0.29) is 11.6 Å². The molecule has 1 saturated heterocycles. The molecular formula is C30H40N6O. The first-order chi connectivity index (χ1) is 18.1. The van der Waals surface area contributed by atoms with Crippen molar-refractivity contribution >= 4 is 28.4 Å². The first-order valence-electron chi connectivity index (χ1n) is 14.3. The Morgan fingerprint density at radius 1 is 0.811 bits per heavy atom. The number of hydrogen-bond donors (Lipinski definition) is 1. The molecule has 2 aromatic heterocycles. The van der Waals surface area contributed by atoms with Crippen molar-refractivity contribution in [3.8, 4) is 0 Å². The summed E-state index contributed by atoms with van der Waals surface area (Å²) in [5.74, 6) is 2.28. The molecule has 7 heteroatoms. The van der Waals surface area contributed by atoms with E-state index < -0.39 is 0 Å². The van der Waals surface area contributed by atoms with Crippen molar-refractivity contribution in [2.75, 3.05) is 43.4 Å². The second-order valence-electron chi connectivity index (χ2n) is 11.4. The highest BCUT2D eigenvalue weighted by molar-refractivity contribution is 5.76. The molecular weight excluding hydrogens is 460 g/mol. The molecule has 0 amide bonds. The monoisotopic (exact) mass is 500 g/mol. The Labute approximate surface area is 219 Å². The summed E-state index contributed by atoms with van der Waals surface area (Å²) < 4.78 is 1.95. The molecule has 2 aliphatic carbocycles. The first kappa shape index (κ1) is 24.4. The van der Waals surface area contributed by atoms with Crippen molar-refractivity contribution in [2.24, 2.45) is 11.8 Å². The molecule has 6 rings (SSSR count). The molecule has 196 valence electrons. The molecule has 0 radical (unpaired) electrons. The number of nitrogens with one attached hydrogen (secondary N) is 1. The zero-order valence-corrected chi connectivity index (χ0v) is 22.1. The third kappa shape index (κ3) is 5.37. The van der Waals surface area contributed by atoms with Crippen LogP contribution in [-0.4, -0.2) is 52.7 Å². The van der Waals surface area contributed by atoms with E-state index in [1.165, 1.54) is 50.6 Å². The van der Waals surface area contributed by atoms with Gasteiger partial charge in [-0.15, -0.1) is 0 Å². The van der Waals surface area contributed by atoms with Gasteiger partial charge in [0, 0.05) is 61.2 Å². The number of aromatic nitrogens is 3. The zero-order valence-electron chi connectivity index (χ0n) is 22.1. The van der Waals surface area contributed by atoms with Crippen LogP contribution in [0.2, 0.25) is 0 Å². The van der Waals surface area contributed by atoms with Gasteiger partial charge in [0.2, 0.25) is 5.95 Å². The maximum atomic E-state index is 13.1. The molecule has 0 spiro atoms. The fraction of sp³-hybridized carbons (Fsp3) is 0.567. The molecule has 0 unspecified atom stereocenters. The number of anilines is 3. The summed E-state index contributed by atoms with van der Waals surface area (Å²) >= 11 is 0. The average Bonchev–Trinajstić information content (AvgIpc) is 2.94. The van der Waals surface area contributed by atoms with Crippen molar-refractivity contribution in [1.82, 2.24) is 19.4 Å². The van der Waals surface area contributed by atoms with E-state index in [0.29, 0.717) is 5.95 Å². The third-order valence-corrected chi connectivity index (χ3v) is 9.08. The van der Waals surface area contributed by atoms with Gasteiger partial charge in [-0.2, -0.15) is 4.98 Å². The predicted molar refractivity (Wildman–Crippen MR) is 151 cm³/mol. The number of piperazine rings is 1. The SMILES string of the molecule is CN1CCN(c2ccc(Nc3ncc4ccc(=O)n(C5CCC(C6CCCCC6)CC5)c4n3)cc2)CC1. The number of pyridine rings is 1. The molecule has 3 aliphatic rings. The molecule has 3 aromatic rings. The number of likely N-dealkylation sites (N-methyl/N-ethyl adjacent to an activating group) is 1. The van der Waals surface area contributed by atoms with Crippen LogP contribution in [0.1, 0.15) is 63.8 Å². The van der Waals surface area contributed by atoms with Crippen molar-refractivity contribution in [3.63, 3.8) is 0 Å². The minimum absolute atomic E-state index is 0.0507. The quantitative estimate of drug-likeness (QED) is 0.492. The first-order valence-corrected chi connectivity index (χ1v) is 14.3. The van der Waals surface area contributed by atoms with Crippen molar-refractivity contribution in [3.05, 3.63) is 52.9 Å². The zero-order chi connectivity index (χ0) is 25.2. The van der Waals surface area contributed by atoms with Gasteiger partial charge in [-0.3, -0.25) is 9.36 Å². The molecule has 2 saturated carbocycles. The van der Waals surface area contributed by atoms with Crippen LogP contribution in [-0.2, 0) is 0 Å². The third-order valence-electron chi connectivity index (χ3n) is 9.08. The fourth-order valence-electron chi connectivity index (χ4n) is 6.84. The second-order valence-corrected chi connectivity index (χ2v) is 11.4. The Morgan fingerprint density at radius 3 is 2.24 bits per heavy atom. The van der Waals surface area contributed by atoms with Crippen LogP contribution < -0.4 is 15.8 Å². The van der Waals surface area contributed by atoms with Gasteiger partial charge in [-0.25, -0.2) is 4.98 Å². The number of hydrogen-bond acceptors (Lipinski definition) is 6. The molecule has 1 N–H and O–H groups in total. The maximum absolute atomic E-state index is 13.1. The lowest BCUT2D eigenvalue weighted by Gasteiger charge is -2.36. The van der Waals surface area contributed by atoms with Crippen LogP contribution in [0.15, 0.2) is 47.4 Å². The number of benzene rings is 1. The highest BCUT2D eigenvalue weighted by Gasteiger charge is 2.30. The molecule has 1 aliphatic heterocycles. The van der Waals surface area contributed by atoms with Crippen LogP contribution in [0.3, 0.4) is 0 Å². The maximum Gasteiger partial charge on any atom is 0.252 e. The topological polar surface area (TPSA) is 66.3 Å². The summed E-state index contributed by atoms with van der Waals surface area (Å²) in [7, 11) is 2.18. The van der Waals surface area contributed by atoms with E-state index in [1.807, 2.05) is 16.8 Å². The molecule has 0 bridgehead atoms. The van der Waals surface area contributed by atoms with E-state index in [9.17, 15) is 4.79 Å². The highest BCUT2D eigenvalue weighted by Crippen LogP contribution is 2.41. The number of rotatable bonds is 5. The Morgan fingerprint density at radius 2 is 1.51 bits per heavy atom. The summed E-state index contributed by atoms with van der Waals surface area (Å²) in [6.45, 7) is 4.29. The minimum atomic E-state index is 0.0507. The van der Waals surface area contributed by atoms with Gasteiger partial charge in [-0.1, -0.05) is 32.1 Å². The van der Waals surface area contributed by atoms with Gasteiger partial charge in [0.15, 0.2) is 0 Å². The van der Waals surface area contributed by atoms with E-state index in [0.717, 1.165) is 67.6 Å². The molecule has 1 aromatic carbocycles. The van der Waals surface area contributed by atoms with Gasteiger partial charge in [-0.05, 0) is 74.9 Å². The van der Waals surface area contributed by atoms with Gasteiger partial charge >= 0.3 is 0 Å². The molecule has 3 heterocycles. The Bertz CT molecular complexity index is 1250. The molecule has 7 nitrogen and oxygen atoms in total. The van der Waals surface area contributed by atoms with Crippen LogP contribution >= 0.6 is 0 Å². The lowest BCUT2D eigenvalue weighted by Crippen LogP contribution is -2.44. The lowest BCUT2D eigenvalue weighted by atomic mass is 9.72. The lowest BCUT2D eigenvalue weighted by molar-refractivity contribution is 0.169. The average molecular weight is 501 g/mol. The molecule has 0 atom stereocenters. The summed E-state index contributed by atoms with van der Waals surface area (Å²) in [5.41, 5.74) is 3.00. The normalized spacial score (nSPS) is 23.9. The van der Waals surface area contributed by atoms with Crippen molar-refractivity contribution in [1.29, 1.82) is 0 Å². The fourth-order valence-corrected chi connectivity index (χ4v) is 6.84. The van der Waals surface area contributed by atoms with Crippen LogP contribution in [0.25, 0.3) is 11.0 Å². The molecule has 3 fully saturated rings. The standard InChI is InChI=1S/C30H40N6O/c1-34-17-19-35(20-18-34)26-14-10-25(11-15-26)32-30-31-21-24-9-16-28(37)36(29(24)33-30)27-12-7-23(8-13-27)22-5-3-2-4-6-22/h9-11,14-16,21-23,27H,2-8,12-13,17-20H2,1H3,(H,31,32,33). The van der Waals surface area contributed by atoms with Gasteiger partial charge in [0.25, 0.3) is 5.56 Å². The molecule has 37 heavy (non-hydrogen) atoms. The van der Waals surface area contributed by atoms with Crippen LogP contribution in [0.5, 0.6) is 0 Å². The summed E-state index contributed by atoms with van der Waals surface area (Å²) in [4.78, 5) is 27.3. The number of fused-ring (bicyclic) bond motifs is 1. The highest BCUT2D eigenvalue weighted by atomic mass is 16.1. The summed E-state index contributed by atoms with van der Waals surface area (Å²) in [6.07, 6.45) is 13.5. The van der Waals surface area contributed by atoms with Gasteiger partial charge in [0.1, 0.15) is 5.65 Å². The van der Waals surface area contributed by atoms with Crippen molar-refractivity contribution < 1.29 is 0 Å². The largest absolute Gasteiger partial charge is 0.369 e. The summed E-state index contributed by atoms with van der Waals surface area (Å²) in [6, 6.07) is 12.3. The number of nitrogens with zero attached hydrogens (tertiary/aromatic N) is 5. The summed E-state index contributed by atoms with van der Waals surface area (Å²) in [5, 5.41) is 4.29. The van der Waals surface area contributed by atoms with E-state index in [1.54, 1.807) is 6.07 Å². The Hall–Kier alpha value is -2.93. The van der Waals surface area contributed by atoms with E-state index in [4.69, 9.17) is 4.98 Å². The predicted octanol–water partition coefficient (Wildman–Crippen LogP) is 5.60. The van der Waals surface area contributed by atoms with Crippen LogP contribution in [0.4, 0.5) is 17.3 Å². The van der Waals surface area contributed by atoms with E-state index in [2.05, 4.69) is 51.4 Å². The Kier molecular flexibility index (Phi) is 7.14. The van der Waals surface area contributed by atoms with E-state index >= 15 is 0 Å². The second kappa shape index (κ2) is 10.8. The van der Waals surface area contributed by atoms with Gasteiger partial charge in [0.05, 0.1) is 0 Å². The van der Waals surface area contributed by atoms with Crippen LogP contribution in [0, 0.1) is 11.8 Å². The van der Waals surface area contributed by atoms with Crippen molar-refractivity contribution in [2.45, 2.75) is 63.8 Å². The smallest absolute Gasteiger partial charge is 0.252 e. The minimum Gasteiger partial charge on any atom is -0.369 e. The Balaban J connectivity index is 1.18. The van der Waals surface area contributed by atoms with Gasteiger partial charge < -0.3 is 15.1 Å².